The fraction of sp³-hybridized carbons (Fsp3) is 0.467. The van der Waals surface area contributed by atoms with Crippen LogP contribution >= 0.6 is 0 Å². The summed E-state index contributed by atoms with van der Waals surface area (Å²) in [5.41, 5.74) is 2.33. The Bertz CT molecular complexity index is 591. The standard InChI is InChI=1S/C15H16N2O/c1-14(2)11-8-10(15(9-16)6-7-15)4-5-12(11)17(3)13(14)18/h4-5,8H,6-7H2,1-3H3. The summed E-state index contributed by atoms with van der Waals surface area (Å²) in [4.78, 5) is 13.9. The van der Waals surface area contributed by atoms with Gasteiger partial charge in [0.05, 0.1) is 16.9 Å². The molecule has 1 aromatic rings. The van der Waals surface area contributed by atoms with Gasteiger partial charge in [0.1, 0.15) is 0 Å². The largest absolute Gasteiger partial charge is 0.314 e. The van der Waals surface area contributed by atoms with E-state index in [9.17, 15) is 10.1 Å². The molecule has 0 aromatic heterocycles. The quantitative estimate of drug-likeness (QED) is 0.757. The summed E-state index contributed by atoms with van der Waals surface area (Å²) < 4.78 is 0. The van der Waals surface area contributed by atoms with Gasteiger partial charge >= 0.3 is 0 Å². The summed E-state index contributed by atoms with van der Waals surface area (Å²) >= 11 is 0. The predicted molar refractivity (Wildman–Crippen MR) is 69.4 cm³/mol. The van der Waals surface area contributed by atoms with E-state index in [4.69, 9.17) is 0 Å². The number of carbonyl (C=O) groups excluding carboxylic acids is 1. The number of hydrogen-bond acceptors (Lipinski definition) is 2. The van der Waals surface area contributed by atoms with Crippen molar-refractivity contribution in [1.82, 2.24) is 0 Å². The van der Waals surface area contributed by atoms with Crippen LogP contribution in [0.15, 0.2) is 18.2 Å². The summed E-state index contributed by atoms with van der Waals surface area (Å²) in [5.74, 6) is 0.122. The first-order chi connectivity index (χ1) is 8.42. The van der Waals surface area contributed by atoms with Gasteiger partial charge in [0.25, 0.3) is 0 Å². The number of nitrogens with zero attached hydrogens (tertiary/aromatic N) is 2. The van der Waals surface area contributed by atoms with E-state index in [1.165, 1.54) is 0 Å². The number of benzene rings is 1. The van der Waals surface area contributed by atoms with Crippen LogP contribution in [0.25, 0.3) is 0 Å². The molecule has 0 spiro atoms. The summed E-state index contributed by atoms with van der Waals surface area (Å²) in [6, 6.07) is 8.45. The van der Waals surface area contributed by atoms with E-state index in [2.05, 4.69) is 12.1 Å². The van der Waals surface area contributed by atoms with E-state index in [-0.39, 0.29) is 11.3 Å². The molecule has 1 aliphatic heterocycles. The number of nitriles is 1. The molecule has 0 N–H and O–H groups in total. The summed E-state index contributed by atoms with van der Waals surface area (Å²) in [7, 11) is 1.81. The van der Waals surface area contributed by atoms with Crippen LogP contribution in [0.3, 0.4) is 0 Å². The molecule has 1 aliphatic carbocycles. The molecular formula is C15H16N2O. The summed E-state index contributed by atoms with van der Waals surface area (Å²) in [5, 5.41) is 9.27. The molecule has 1 saturated carbocycles. The van der Waals surface area contributed by atoms with Crippen molar-refractivity contribution < 1.29 is 4.79 Å². The molecule has 1 fully saturated rings. The van der Waals surface area contributed by atoms with Crippen molar-refractivity contribution in [1.29, 1.82) is 5.26 Å². The van der Waals surface area contributed by atoms with Crippen LogP contribution in [0, 0.1) is 11.3 Å². The first kappa shape index (κ1) is 11.3. The van der Waals surface area contributed by atoms with E-state index in [1.54, 1.807) is 4.90 Å². The summed E-state index contributed by atoms with van der Waals surface area (Å²) in [6.45, 7) is 3.90. The Kier molecular flexibility index (Phi) is 1.97. The predicted octanol–water partition coefficient (Wildman–Crippen LogP) is 2.50. The second kappa shape index (κ2) is 3.14. The number of anilines is 1. The molecule has 3 nitrogen and oxygen atoms in total. The summed E-state index contributed by atoms with van der Waals surface area (Å²) in [6.07, 6.45) is 1.87. The Balaban J connectivity index is 2.16. The van der Waals surface area contributed by atoms with Crippen molar-refractivity contribution in [3.05, 3.63) is 29.3 Å². The van der Waals surface area contributed by atoms with Crippen LogP contribution < -0.4 is 4.90 Å². The Labute approximate surface area is 107 Å². The molecule has 0 bridgehead atoms. The van der Waals surface area contributed by atoms with E-state index >= 15 is 0 Å². The number of hydrogen-bond donors (Lipinski definition) is 0. The van der Waals surface area contributed by atoms with Gasteiger partial charge in [-0.25, -0.2) is 0 Å². The second-order valence-electron chi connectivity index (χ2n) is 5.92. The highest BCUT2D eigenvalue weighted by Gasteiger charge is 2.48. The van der Waals surface area contributed by atoms with Crippen molar-refractivity contribution in [2.75, 3.05) is 11.9 Å². The third kappa shape index (κ3) is 1.21. The van der Waals surface area contributed by atoms with Gasteiger partial charge in [0, 0.05) is 12.7 Å². The molecule has 0 saturated heterocycles. The second-order valence-corrected chi connectivity index (χ2v) is 5.92. The van der Waals surface area contributed by atoms with E-state index < -0.39 is 5.41 Å². The monoisotopic (exact) mass is 240 g/mol. The van der Waals surface area contributed by atoms with Gasteiger partial charge in [0.15, 0.2) is 0 Å². The molecule has 0 radical (unpaired) electrons. The highest BCUT2D eigenvalue weighted by Crippen LogP contribution is 2.50. The number of fused-ring (bicyclic) bond motifs is 1. The lowest BCUT2D eigenvalue weighted by atomic mass is 9.83. The number of rotatable bonds is 1. The SMILES string of the molecule is CN1C(=O)C(C)(C)c2cc(C3(C#N)CC3)ccc21. The maximum absolute atomic E-state index is 12.2. The molecule has 1 heterocycles. The lowest BCUT2D eigenvalue weighted by Crippen LogP contribution is -2.33. The average molecular weight is 240 g/mol. The zero-order chi connectivity index (χ0) is 13.1. The van der Waals surface area contributed by atoms with Crippen LogP contribution in [0.1, 0.15) is 37.8 Å². The Hall–Kier alpha value is -1.82. The van der Waals surface area contributed by atoms with E-state index in [0.29, 0.717) is 0 Å². The minimum absolute atomic E-state index is 0.122. The minimum atomic E-state index is -0.481. The number of carbonyl (C=O) groups is 1. The van der Waals surface area contributed by atoms with Gasteiger partial charge in [-0.3, -0.25) is 4.79 Å². The Morgan fingerprint density at radius 1 is 1.33 bits per heavy atom. The first-order valence-corrected chi connectivity index (χ1v) is 6.27. The zero-order valence-corrected chi connectivity index (χ0v) is 10.9. The van der Waals surface area contributed by atoms with Gasteiger partial charge in [0.2, 0.25) is 5.91 Å². The molecule has 2 aliphatic rings. The van der Waals surface area contributed by atoms with Gasteiger partial charge in [-0.15, -0.1) is 0 Å². The molecular weight excluding hydrogens is 224 g/mol. The third-order valence-corrected chi connectivity index (χ3v) is 4.39. The third-order valence-electron chi connectivity index (χ3n) is 4.39. The highest BCUT2D eigenvalue weighted by atomic mass is 16.2. The minimum Gasteiger partial charge on any atom is -0.314 e. The smallest absolute Gasteiger partial charge is 0.236 e. The van der Waals surface area contributed by atoms with Gasteiger partial charge in [-0.2, -0.15) is 5.26 Å². The Morgan fingerprint density at radius 3 is 2.56 bits per heavy atom. The molecule has 1 amide bonds. The van der Waals surface area contributed by atoms with Crippen LogP contribution in [-0.4, -0.2) is 13.0 Å². The van der Waals surface area contributed by atoms with Crippen LogP contribution in [0.4, 0.5) is 5.69 Å². The lowest BCUT2D eigenvalue weighted by Gasteiger charge is -2.17. The van der Waals surface area contributed by atoms with Crippen molar-refractivity contribution in [2.24, 2.45) is 0 Å². The van der Waals surface area contributed by atoms with Crippen molar-refractivity contribution in [3.63, 3.8) is 0 Å². The lowest BCUT2D eigenvalue weighted by molar-refractivity contribution is -0.121. The van der Waals surface area contributed by atoms with E-state index in [0.717, 1.165) is 29.7 Å². The Morgan fingerprint density at radius 2 is 2.00 bits per heavy atom. The molecule has 1 aromatic carbocycles. The van der Waals surface area contributed by atoms with Crippen LogP contribution in [0.5, 0.6) is 0 Å². The normalized spacial score (nSPS) is 22.6. The topological polar surface area (TPSA) is 44.1 Å². The zero-order valence-electron chi connectivity index (χ0n) is 10.9. The highest BCUT2D eigenvalue weighted by molar-refractivity contribution is 6.07. The molecule has 3 rings (SSSR count). The van der Waals surface area contributed by atoms with Crippen LogP contribution in [-0.2, 0) is 15.6 Å². The molecule has 0 atom stereocenters. The van der Waals surface area contributed by atoms with Gasteiger partial charge in [-0.1, -0.05) is 12.1 Å². The molecule has 92 valence electrons. The molecule has 3 heteroatoms. The van der Waals surface area contributed by atoms with E-state index in [1.807, 2.05) is 33.0 Å². The van der Waals surface area contributed by atoms with Crippen molar-refractivity contribution >= 4 is 11.6 Å². The maximum Gasteiger partial charge on any atom is 0.236 e. The van der Waals surface area contributed by atoms with Crippen LogP contribution in [0.2, 0.25) is 0 Å². The first-order valence-electron chi connectivity index (χ1n) is 6.27. The average Bonchev–Trinajstić information content (AvgIpc) is 3.14. The van der Waals surface area contributed by atoms with Gasteiger partial charge in [-0.05, 0) is 43.9 Å². The maximum atomic E-state index is 12.2. The fourth-order valence-corrected chi connectivity index (χ4v) is 2.86. The van der Waals surface area contributed by atoms with Gasteiger partial charge < -0.3 is 4.90 Å². The van der Waals surface area contributed by atoms with Crippen molar-refractivity contribution in [2.45, 2.75) is 37.5 Å². The number of likely N-dealkylation sites (N-methyl/N-ethyl adjacent to an activating group) is 1. The van der Waals surface area contributed by atoms with Crippen molar-refractivity contribution in [3.8, 4) is 6.07 Å². The number of amides is 1. The fourth-order valence-electron chi connectivity index (χ4n) is 2.86. The molecule has 18 heavy (non-hydrogen) atoms. The molecule has 0 unspecified atom stereocenters.